The van der Waals surface area contributed by atoms with E-state index in [2.05, 4.69) is 10.2 Å². The molecule has 4 rings (SSSR count). The minimum atomic E-state index is -0.509. The zero-order chi connectivity index (χ0) is 18.3. The minimum absolute atomic E-state index is 0.201. The van der Waals surface area contributed by atoms with Gasteiger partial charge in [-0.05, 0) is 49.0 Å². The lowest BCUT2D eigenvalue weighted by atomic mass is 9.83. The third kappa shape index (κ3) is 2.95. The summed E-state index contributed by atoms with van der Waals surface area (Å²) in [6.07, 6.45) is 1.47. The molecule has 1 spiro atoms. The van der Waals surface area contributed by atoms with Crippen LogP contribution in [0.3, 0.4) is 0 Å². The molecule has 2 heterocycles. The number of hydrogen-bond donors (Lipinski definition) is 1. The van der Waals surface area contributed by atoms with Crippen molar-refractivity contribution in [3.8, 4) is 0 Å². The molecule has 2 aromatic carbocycles. The van der Waals surface area contributed by atoms with Crippen molar-refractivity contribution >= 4 is 40.6 Å². The van der Waals surface area contributed by atoms with Crippen LogP contribution < -0.4 is 5.32 Å². The first-order chi connectivity index (χ1) is 12.5. The van der Waals surface area contributed by atoms with Crippen molar-refractivity contribution in [2.45, 2.75) is 25.4 Å². The maximum Gasteiger partial charge on any atom is 0.339 e. The molecule has 0 amide bonds. The number of hydrogen-bond acceptors (Lipinski definition) is 3. The molecule has 1 N–H and O–H groups in total. The van der Waals surface area contributed by atoms with Crippen molar-refractivity contribution in [2.24, 2.45) is 0 Å². The number of thiocarbonyl (C=S) groups is 1. The van der Waals surface area contributed by atoms with E-state index in [1.54, 1.807) is 0 Å². The SMILES string of the molecule is Cc1cccc2c1C(=O)OC21CCN(C(=S)Nc2ccc(Cl)cc2)CC1. The molecule has 2 aromatic rings. The van der Waals surface area contributed by atoms with E-state index in [0.29, 0.717) is 10.1 Å². The highest BCUT2D eigenvalue weighted by Gasteiger charge is 2.48. The lowest BCUT2D eigenvalue weighted by Gasteiger charge is -2.39. The number of benzene rings is 2. The number of rotatable bonds is 1. The van der Waals surface area contributed by atoms with E-state index in [1.807, 2.05) is 49.4 Å². The van der Waals surface area contributed by atoms with Gasteiger partial charge in [-0.1, -0.05) is 29.8 Å². The van der Waals surface area contributed by atoms with Crippen LogP contribution in [0.5, 0.6) is 0 Å². The normalized spacial score (nSPS) is 17.8. The fourth-order valence-electron chi connectivity index (χ4n) is 3.78. The molecule has 6 heteroatoms. The second-order valence-corrected chi connectivity index (χ2v) is 7.63. The van der Waals surface area contributed by atoms with Crippen LogP contribution in [-0.4, -0.2) is 29.1 Å². The molecular weight excluding hydrogens is 368 g/mol. The Morgan fingerprint density at radius 2 is 1.88 bits per heavy atom. The predicted molar refractivity (Wildman–Crippen MR) is 107 cm³/mol. The number of piperidine rings is 1. The van der Waals surface area contributed by atoms with Gasteiger partial charge in [-0.2, -0.15) is 0 Å². The Morgan fingerprint density at radius 3 is 2.58 bits per heavy atom. The molecule has 0 aliphatic carbocycles. The van der Waals surface area contributed by atoms with E-state index >= 15 is 0 Å². The highest BCUT2D eigenvalue weighted by molar-refractivity contribution is 7.80. The van der Waals surface area contributed by atoms with Gasteiger partial charge in [0.2, 0.25) is 0 Å². The van der Waals surface area contributed by atoms with Gasteiger partial charge >= 0.3 is 5.97 Å². The van der Waals surface area contributed by atoms with Crippen LogP contribution in [-0.2, 0) is 10.3 Å². The number of carbonyl (C=O) groups excluding carboxylic acids is 1. The Morgan fingerprint density at radius 1 is 1.19 bits per heavy atom. The van der Waals surface area contributed by atoms with Crippen molar-refractivity contribution in [3.63, 3.8) is 0 Å². The van der Waals surface area contributed by atoms with Crippen LogP contribution in [0.2, 0.25) is 5.02 Å². The molecule has 0 bridgehead atoms. The van der Waals surface area contributed by atoms with Gasteiger partial charge in [-0.25, -0.2) is 4.79 Å². The summed E-state index contributed by atoms with van der Waals surface area (Å²) in [7, 11) is 0. The topological polar surface area (TPSA) is 41.6 Å². The highest BCUT2D eigenvalue weighted by Crippen LogP contribution is 2.45. The van der Waals surface area contributed by atoms with Crippen LogP contribution in [0.1, 0.15) is 34.3 Å². The number of carbonyl (C=O) groups is 1. The van der Waals surface area contributed by atoms with Crippen molar-refractivity contribution < 1.29 is 9.53 Å². The molecule has 0 aromatic heterocycles. The van der Waals surface area contributed by atoms with Crippen molar-refractivity contribution in [1.82, 2.24) is 4.90 Å². The number of aryl methyl sites for hydroxylation is 1. The van der Waals surface area contributed by atoms with Crippen molar-refractivity contribution in [2.75, 3.05) is 18.4 Å². The number of ether oxygens (including phenoxy) is 1. The van der Waals surface area contributed by atoms with Crippen LogP contribution in [0, 0.1) is 6.92 Å². The van der Waals surface area contributed by atoms with Gasteiger partial charge in [0.05, 0.1) is 5.56 Å². The zero-order valence-corrected chi connectivity index (χ0v) is 16.0. The number of nitrogens with zero attached hydrogens (tertiary/aromatic N) is 1. The van der Waals surface area contributed by atoms with Crippen LogP contribution in [0.15, 0.2) is 42.5 Å². The highest BCUT2D eigenvalue weighted by atomic mass is 35.5. The van der Waals surface area contributed by atoms with E-state index in [9.17, 15) is 4.79 Å². The molecule has 0 saturated carbocycles. The number of halogens is 1. The first kappa shape index (κ1) is 17.3. The Balaban J connectivity index is 1.47. The van der Waals surface area contributed by atoms with Crippen molar-refractivity contribution in [1.29, 1.82) is 0 Å². The minimum Gasteiger partial charge on any atom is -0.450 e. The molecule has 4 nitrogen and oxygen atoms in total. The van der Waals surface area contributed by atoms with Gasteiger partial charge in [0.15, 0.2) is 5.11 Å². The molecule has 2 aliphatic rings. The summed E-state index contributed by atoms with van der Waals surface area (Å²) in [6, 6.07) is 13.4. The van der Waals surface area contributed by atoms with Crippen LogP contribution in [0.4, 0.5) is 5.69 Å². The largest absolute Gasteiger partial charge is 0.450 e. The second kappa shape index (κ2) is 6.56. The zero-order valence-electron chi connectivity index (χ0n) is 14.4. The van der Waals surface area contributed by atoms with Gasteiger partial charge in [0, 0.05) is 42.2 Å². The van der Waals surface area contributed by atoms with Gasteiger partial charge in [0.1, 0.15) is 5.60 Å². The molecule has 0 unspecified atom stereocenters. The van der Waals surface area contributed by atoms with Gasteiger partial charge in [-0.3, -0.25) is 0 Å². The lowest BCUT2D eigenvalue weighted by Crippen LogP contribution is -2.46. The number of likely N-dealkylation sites (tertiary alicyclic amines) is 1. The Labute approximate surface area is 163 Å². The molecule has 26 heavy (non-hydrogen) atoms. The lowest BCUT2D eigenvalue weighted by molar-refractivity contribution is -0.0342. The molecule has 2 aliphatic heterocycles. The Hall–Kier alpha value is -2.11. The molecule has 0 radical (unpaired) electrons. The Kier molecular flexibility index (Phi) is 4.37. The summed E-state index contributed by atoms with van der Waals surface area (Å²) in [5, 5.41) is 4.62. The smallest absolute Gasteiger partial charge is 0.339 e. The van der Waals surface area contributed by atoms with Gasteiger partial charge in [-0.15, -0.1) is 0 Å². The summed E-state index contributed by atoms with van der Waals surface area (Å²) in [4.78, 5) is 14.5. The number of anilines is 1. The fraction of sp³-hybridized carbons (Fsp3) is 0.300. The third-order valence-corrected chi connectivity index (χ3v) is 5.82. The summed E-state index contributed by atoms with van der Waals surface area (Å²) in [5.74, 6) is -0.201. The Bertz CT molecular complexity index is 874. The van der Waals surface area contributed by atoms with Crippen LogP contribution >= 0.6 is 23.8 Å². The number of nitrogens with one attached hydrogen (secondary N) is 1. The maximum absolute atomic E-state index is 12.4. The summed E-state index contributed by atoms with van der Waals surface area (Å²) in [5.41, 5.74) is 3.14. The van der Waals surface area contributed by atoms with Crippen molar-refractivity contribution in [3.05, 3.63) is 64.2 Å². The quantitative estimate of drug-likeness (QED) is 0.577. The van der Waals surface area contributed by atoms with Gasteiger partial charge < -0.3 is 15.0 Å². The van der Waals surface area contributed by atoms with E-state index < -0.39 is 5.60 Å². The second-order valence-electron chi connectivity index (χ2n) is 6.81. The standard InChI is InChI=1S/C20H19ClN2O2S/c1-13-3-2-4-16-17(13)18(24)25-20(16)9-11-23(12-10-20)19(26)22-15-7-5-14(21)6-8-15/h2-8H,9-12H2,1H3,(H,22,26). The summed E-state index contributed by atoms with van der Waals surface area (Å²) >= 11 is 11.5. The monoisotopic (exact) mass is 386 g/mol. The van der Waals surface area contributed by atoms with E-state index in [4.69, 9.17) is 28.6 Å². The molecule has 1 saturated heterocycles. The number of esters is 1. The fourth-order valence-corrected chi connectivity index (χ4v) is 4.21. The van der Waals surface area contributed by atoms with E-state index in [0.717, 1.165) is 48.3 Å². The third-order valence-electron chi connectivity index (χ3n) is 5.21. The summed E-state index contributed by atoms with van der Waals surface area (Å²) in [6.45, 7) is 3.43. The average molecular weight is 387 g/mol. The van der Waals surface area contributed by atoms with Gasteiger partial charge in [0.25, 0.3) is 0 Å². The molecular formula is C20H19ClN2O2S. The first-order valence-corrected chi connectivity index (χ1v) is 9.42. The first-order valence-electron chi connectivity index (χ1n) is 8.63. The molecule has 0 atom stereocenters. The van der Waals surface area contributed by atoms with E-state index in [-0.39, 0.29) is 5.97 Å². The summed E-state index contributed by atoms with van der Waals surface area (Å²) < 4.78 is 5.86. The van der Waals surface area contributed by atoms with Crippen LogP contribution in [0.25, 0.3) is 0 Å². The van der Waals surface area contributed by atoms with E-state index in [1.165, 1.54) is 0 Å². The average Bonchev–Trinajstić information content (AvgIpc) is 2.90. The number of fused-ring (bicyclic) bond motifs is 2. The molecule has 1 fully saturated rings. The maximum atomic E-state index is 12.4. The predicted octanol–water partition coefficient (Wildman–Crippen LogP) is 4.51. The molecule has 134 valence electrons.